The number of piperidine rings is 1. The molecule has 3 heteroatoms. The Kier molecular flexibility index (Phi) is 4.61. The Morgan fingerprint density at radius 3 is 2.67 bits per heavy atom. The van der Waals surface area contributed by atoms with Gasteiger partial charge in [-0.05, 0) is 50.0 Å². The van der Waals surface area contributed by atoms with Gasteiger partial charge < -0.3 is 15.4 Å². The number of hydrogen-bond acceptors (Lipinski definition) is 3. The number of nitrogens with one attached hydrogen (secondary N) is 2. The quantitative estimate of drug-likeness (QED) is 0.858. The van der Waals surface area contributed by atoms with Gasteiger partial charge in [0.25, 0.3) is 0 Å². The third-order valence-electron chi connectivity index (χ3n) is 3.87. The molecule has 100 valence electrons. The summed E-state index contributed by atoms with van der Waals surface area (Å²) in [6.07, 6.45) is 1.21. The SMILES string of the molecule is COc1ccc(C(C)NC2CCNCC2C)cc1. The highest BCUT2D eigenvalue weighted by molar-refractivity contribution is 5.28. The van der Waals surface area contributed by atoms with Crippen molar-refractivity contribution >= 4 is 0 Å². The van der Waals surface area contributed by atoms with Gasteiger partial charge in [-0.2, -0.15) is 0 Å². The minimum absolute atomic E-state index is 0.390. The fourth-order valence-corrected chi connectivity index (χ4v) is 2.57. The molecule has 0 radical (unpaired) electrons. The molecule has 2 rings (SSSR count). The molecule has 3 nitrogen and oxygen atoms in total. The van der Waals surface area contributed by atoms with Crippen LogP contribution in [0.4, 0.5) is 0 Å². The van der Waals surface area contributed by atoms with E-state index in [9.17, 15) is 0 Å². The predicted octanol–water partition coefficient (Wildman–Crippen LogP) is 2.34. The molecule has 1 aliphatic heterocycles. The van der Waals surface area contributed by atoms with Crippen LogP contribution in [0.1, 0.15) is 31.9 Å². The molecule has 1 heterocycles. The van der Waals surface area contributed by atoms with Crippen molar-refractivity contribution in [3.05, 3.63) is 29.8 Å². The van der Waals surface area contributed by atoms with Crippen molar-refractivity contribution in [2.24, 2.45) is 5.92 Å². The standard InChI is InChI=1S/C15H24N2O/c1-11-10-16-9-8-15(11)17-12(2)13-4-6-14(18-3)7-5-13/h4-7,11-12,15-17H,8-10H2,1-3H3. The van der Waals surface area contributed by atoms with Gasteiger partial charge in [-0.25, -0.2) is 0 Å². The molecular weight excluding hydrogens is 224 g/mol. The van der Waals surface area contributed by atoms with Crippen molar-refractivity contribution in [1.82, 2.24) is 10.6 Å². The van der Waals surface area contributed by atoms with Gasteiger partial charge in [-0.15, -0.1) is 0 Å². The molecule has 0 amide bonds. The van der Waals surface area contributed by atoms with Crippen molar-refractivity contribution in [3.8, 4) is 5.75 Å². The van der Waals surface area contributed by atoms with E-state index >= 15 is 0 Å². The number of hydrogen-bond donors (Lipinski definition) is 2. The van der Waals surface area contributed by atoms with E-state index in [0.29, 0.717) is 18.0 Å². The molecule has 1 fully saturated rings. The minimum Gasteiger partial charge on any atom is -0.497 e. The molecule has 0 aromatic heterocycles. The van der Waals surface area contributed by atoms with Crippen molar-refractivity contribution in [2.45, 2.75) is 32.4 Å². The minimum atomic E-state index is 0.390. The number of rotatable bonds is 4. The fraction of sp³-hybridized carbons (Fsp3) is 0.600. The maximum Gasteiger partial charge on any atom is 0.118 e. The zero-order valence-electron chi connectivity index (χ0n) is 11.6. The lowest BCUT2D eigenvalue weighted by Crippen LogP contribution is -2.47. The third kappa shape index (κ3) is 3.24. The molecule has 1 aliphatic rings. The second-order valence-corrected chi connectivity index (χ2v) is 5.24. The summed E-state index contributed by atoms with van der Waals surface area (Å²) in [7, 11) is 1.70. The van der Waals surface area contributed by atoms with E-state index in [1.54, 1.807) is 7.11 Å². The van der Waals surface area contributed by atoms with Crippen molar-refractivity contribution < 1.29 is 4.74 Å². The summed E-state index contributed by atoms with van der Waals surface area (Å²) in [5.74, 6) is 1.61. The van der Waals surface area contributed by atoms with Crippen LogP contribution in [-0.4, -0.2) is 26.2 Å². The lowest BCUT2D eigenvalue weighted by atomic mass is 9.94. The van der Waals surface area contributed by atoms with Gasteiger partial charge >= 0.3 is 0 Å². The van der Waals surface area contributed by atoms with E-state index in [0.717, 1.165) is 18.8 Å². The summed E-state index contributed by atoms with van der Waals surface area (Å²) in [5, 5.41) is 7.18. The molecule has 18 heavy (non-hydrogen) atoms. The van der Waals surface area contributed by atoms with Crippen molar-refractivity contribution in [3.63, 3.8) is 0 Å². The molecule has 3 atom stereocenters. The van der Waals surface area contributed by atoms with Crippen LogP contribution in [0, 0.1) is 5.92 Å². The Morgan fingerprint density at radius 1 is 1.33 bits per heavy atom. The summed E-state index contributed by atoms with van der Waals surface area (Å²) in [4.78, 5) is 0. The Balaban J connectivity index is 1.95. The van der Waals surface area contributed by atoms with E-state index in [2.05, 4.69) is 36.6 Å². The summed E-state index contributed by atoms with van der Waals surface area (Å²) < 4.78 is 5.19. The van der Waals surface area contributed by atoms with Gasteiger partial charge in [0.05, 0.1) is 7.11 Å². The highest BCUT2D eigenvalue weighted by Crippen LogP contribution is 2.20. The van der Waals surface area contributed by atoms with E-state index in [1.807, 2.05) is 12.1 Å². The first-order chi connectivity index (χ1) is 8.70. The van der Waals surface area contributed by atoms with Crippen LogP contribution in [0.5, 0.6) is 5.75 Å². The molecule has 2 N–H and O–H groups in total. The van der Waals surface area contributed by atoms with Crippen LogP contribution < -0.4 is 15.4 Å². The molecule has 3 unspecified atom stereocenters. The number of ether oxygens (including phenoxy) is 1. The Bertz CT molecular complexity index is 363. The average Bonchev–Trinajstić information content (AvgIpc) is 2.41. The summed E-state index contributed by atoms with van der Waals surface area (Å²) in [6, 6.07) is 9.34. The zero-order chi connectivity index (χ0) is 13.0. The lowest BCUT2D eigenvalue weighted by Gasteiger charge is -2.33. The molecule has 0 aliphatic carbocycles. The average molecular weight is 248 g/mol. The molecule has 0 saturated carbocycles. The van der Waals surface area contributed by atoms with Crippen molar-refractivity contribution in [2.75, 3.05) is 20.2 Å². The first-order valence-electron chi connectivity index (χ1n) is 6.81. The monoisotopic (exact) mass is 248 g/mol. The Hall–Kier alpha value is -1.06. The summed E-state index contributed by atoms with van der Waals surface area (Å²) in [6.45, 7) is 6.78. The van der Waals surface area contributed by atoms with Crippen LogP contribution in [0.3, 0.4) is 0 Å². The molecule has 0 spiro atoms. The van der Waals surface area contributed by atoms with Crippen LogP contribution in [0.15, 0.2) is 24.3 Å². The summed E-state index contributed by atoms with van der Waals surface area (Å²) in [5.41, 5.74) is 1.32. The maximum atomic E-state index is 5.19. The Morgan fingerprint density at radius 2 is 2.06 bits per heavy atom. The molecule has 0 bridgehead atoms. The molecule has 1 aromatic carbocycles. The largest absolute Gasteiger partial charge is 0.497 e. The van der Waals surface area contributed by atoms with Crippen LogP contribution >= 0.6 is 0 Å². The molecule has 1 saturated heterocycles. The van der Waals surface area contributed by atoms with Gasteiger partial charge in [0.2, 0.25) is 0 Å². The molecular formula is C15H24N2O. The van der Waals surface area contributed by atoms with Gasteiger partial charge in [0, 0.05) is 12.1 Å². The van der Waals surface area contributed by atoms with Gasteiger partial charge in [-0.1, -0.05) is 19.1 Å². The predicted molar refractivity (Wildman–Crippen MR) is 75.0 cm³/mol. The van der Waals surface area contributed by atoms with Crippen LogP contribution in [0.2, 0.25) is 0 Å². The van der Waals surface area contributed by atoms with Gasteiger partial charge in [0.15, 0.2) is 0 Å². The Labute approximate surface area is 110 Å². The number of benzene rings is 1. The van der Waals surface area contributed by atoms with Gasteiger partial charge in [-0.3, -0.25) is 0 Å². The maximum absolute atomic E-state index is 5.19. The zero-order valence-corrected chi connectivity index (χ0v) is 11.6. The van der Waals surface area contributed by atoms with Crippen molar-refractivity contribution in [1.29, 1.82) is 0 Å². The number of methoxy groups -OCH3 is 1. The van der Waals surface area contributed by atoms with E-state index in [4.69, 9.17) is 4.74 Å². The van der Waals surface area contributed by atoms with E-state index < -0.39 is 0 Å². The fourth-order valence-electron chi connectivity index (χ4n) is 2.57. The molecule has 1 aromatic rings. The van der Waals surface area contributed by atoms with Crippen LogP contribution in [-0.2, 0) is 0 Å². The summed E-state index contributed by atoms with van der Waals surface area (Å²) >= 11 is 0. The topological polar surface area (TPSA) is 33.3 Å². The second kappa shape index (κ2) is 6.21. The first kappa shape index (κ1) is 13.4. The highest BCUT2D eigenvalue weighted by atomic mass is 16.5. The van der Waals surface area contributed by atoms with Crippen LogP contribution in [0.25, 0.3) is 0 Å². The lowest BCUT2D eigenvalue weighted by molar-refractivity contribution is 0.278. The second-order valence-electron chi connectivity index (χ2n) is 5.24. The first-order valence-corrected chi connectivity index (χ1v) is 6.81. The van der Waals surface area contributed by atoms with E-state index in [1.165, 1.54) is 12.0 Å². The highest BCUT2D eigenvalue weighted by Gasteiger charge is 2.22. The smallest absolute Gasteiger partial charge is 0.118 e. The normalized spacial score (nSPS) is 25.7. The van der Waals surface area contributed by atoms with E-state index in [-0.39, 0.29) is 0 Å². The third-order valence-corrected chi connectivity index (χ3v) is 3.87. The van der Waals surface area contributed by atoms with Gasteiger partial charge in [0.1, 0.15) is 5.75 Å².